The highest BCUT2D eigenvalue weighted by molar-refractivity contribution is 7.89. The molecular weight excluding hydrogens is 268 g/mol. The molecule has 6 nitrogen and oxygen atoms in total. The van der Waals surface area contributed by atoms with E-state index in [-0.39, 0.29) is 10.6 Å². The number of nitrogens with two attached hydrogens (primary N) is 1. The molecule has 0 saturated heterocycles. The Bertz CT molecular complexity index is 565. The molecule has 19 heavy (non-hydrogen) atoms. The smallest absolute Gasteiger partial charge is 0.243 e. The van der Waals surface area contributed by atoms with Crippen molar-refractivity contribution < 1.29 is 18.6 Å². The first-order chi connectivity index (χ1) is 8.67. The van der Waals surface area contributed by atoms with Crippen LogP contribution >= 0.6 is 0 Å². The largest absolute Gasteiger partial charge is 0.398 e. The number of aliphatic hydroxyl groups excluding tert-OH is 2. The first kappa shape index (κ1) is 15.9. The highest BCUT2D eigenvalue weighted by Gasteiger charge is 2.31. The average Bonchev–Trinajstić information content (AvgIpc) is 2.33. The molecule has 0 aromatic heterocycles. The van der Waals surface area contributed by atoms with Gasteiger partial charge in [0.15, 0.2) is 0 Å². The van der Waals surface area contributed by atoms with Crippen LogP contribution in [0.4, 0.5) is 5.69 Å². The van der Waals surface area contributed by atoms with Crippen molar-refractivity contribution >= 4 is 15.7 Å². The van der Waals surface area contributed by atoms with Gasteiger partial charge in [0.25, 0.3) is 0 Å². The molecule has 0 aliphatic rings. The van der Waals surface area contributed by atoms with Gasteiger partial charge >= 0.3 is 0 Å². The Morgan fingerprint density at radius 1 is 1.26 bits per heavy atom. The molecule has 0 bridgehead atoms. The van der Waals surface area contributed by atoms with Gasteiger partial charge in [-0.15, -0.1) is 0 Å². The highest BCUT2D eigenvalue weighted by Crippen LogP contribution is 2.26. The molecule has 0 heterocycles. The average molecular weight is 288 g/mol. The van der Waals surface area contributed by atoms with Gasteiger partial charge in [-0.1, -0.05) is 6.07 Å². The third-order valence-corrected chi connectivity index (χ3v) is 4.90. The summed E-state index contributed by atoms with van der Waals surface area (Å²) in [5.74, 6) is 0. The summed E-state index contributed by atoms with van der Waals surface area (Å²) in [5, 5.41) is 18.3. The van der Waals surface area contributed by atoms with Crippen molar-refractivity contribution in [1.82, 2.24) is 4.72 Å². The third kappa shape index (κ3) is 3.24. The lowest BCUT2D eigenvalue weighted by molar-refractivity contribution is 0.122. The van der Waals surface area contributed by atoms with E-state index in [2.05, 4.69) is 4.72 Å². The van der Waals surface area contributed by atoms with Gasteiger partial charge in [-0.2, -0.15) is 0 Å². The van der Waals surface area contributed by atoms with Crippen LogP contribution in [0.25, 0.3) is 0 Å². The quantitative estimate of drug-likeness (QED) is 0.566. The minimum absolute atomic E-state index is 0.0133. The zero-order valence-electron chi connectivity index (χ0n) is 11.3. The van der Waals surface area contributed by atoms with Crippen LogP contribution in [0.2, 0.25) is 0 Å². The zero-order valence-corrected chi connectivity index (χ0v) is 12.1. The number of rotatable bonds is 5. The molecule has 0 aliphatic heterocycles. The molecule has 0 radical (unpaired) electrons. The van der Waals surface area contributed by atoms with Gasteiger partial charge in [0, 0.05) is 0 Å². The summed E-state index contributed by atoms with van der Waals surface area (Å²) in [7, 11) is -3.92. The maximum absolute atomic E-state index is 12.3. The van der Waals surface area contributed by atoms with Crippen molar-refractivity contribution in [1.29, 1.82) is 0 Å². The zero-order chi connectivity index (χ0) is 14.8. The molecule has 108 valence electrons. The normalized spacial score (nSPS) is 12.7. The topological polar surface area (TPSA) is 113 Å². The number of sulfonamides is 1. The number of hydrogen-bond donors (Lipinski definition) is 4. The summed E-state index contributed by atoms with van der Waals surface area (Å²) in [6.07, 6.45) is 0. The highest BCUT2D eigenvalue weighted by atomic mass is 32.2. The van der Waals surface area contributed by atoms with Crippen LogP contribution in [-0.2, 0) is 10.0 Å². The molecule has 1 aromatic rings. The van der Waals surface area contributed by atoms with Gasteiger partial charge < -0.3 is 15.9 Å². The number of aryl methyl sites for hydroxylation is 1. The molecule has 0 amide bonds. The molecule has 0 saturated carbocycles. The van der Waals surface area contributed by atoms with Crippen molar-refractivity contribution in [3.05, 3.63) is 23.3 Å². The van der Waals surface area contributed by atoms with Crippen LogP contribution < -0.4 is 10.5 Å². The molecule has 1 rings (SSSR count). The molecule has 5 N–H and O–H groups in total. The van der Waals surface area contributed by atoms with Crippen LogP contribution in [0.5, 0.6) is 0 Å². The van der Waals surface area contributed by atoms with Crippen LogP contribution in [0.3, 0.4) is 0 Å². The van der Waals surface area contributed by atoms with Gasteiger partial charge in [-0.05, 0) is 38.0 Å². The van der Waals surface area contributed by atoms with Crippen LogP contribution in [-0.4, -0.2) is 37.4 Å². The Balaban J connectivity index is 3.33. The van der Waals surface area contributed by atoms with E-state index >= 15 is 0 Å². The number of anilines is 1. The maximum atomic E-state index is 12.3. The predicted octanol–water partition coefficient (Wildman–Crippen LogP) is -0.0928. The van der Waals surface area contributed by atoms with E-state index in [1.165, 1.54) is 13.0 Å². The van der Waals surface area contributed by atoms with Gasteiger partial charge in [-0.3, -0.25) is 0 Å². The fourth-order valence-electron chi connectivity index (χ4n) is 1.66. The number of nitrogens with one attached hydrogen (secondary N) is 1. The molecule has 0 atom stereocenters. The number of benzene rings is 1. The molecule has 1 aromatic carbocycles. The van der Waals surface area contributed by atoms with E-state index in [1.54, 1.807) is 19.9 Å². The fourth-order valence-corrected chi connectivity index (χ4v) is 3.48. The van der Waals surface area contributed by atoms with Crippen molar-refractivity contribution in [3.8, 4) is 0 Å². The fraction of sp³-hybridized carbons (Fsp3) is 0.500. The molecule has 0 fully saturated rings. The standard InChI is InChI=1S/C12H20N2O4S/c1-8-4-5-10(13)11(9(8)2)19(17,18)14-12(3,6-15)7-16/h4-5,14-16H,6-7,13H2,1-3H3. The van der Waals surface area contributed by atoms with Crippen molar-refractivity contribution in [2.45, 2.75) is 31.2 Å². The third-order valence-electron chi connectivity index (χ3n) is 3.05. The molecule has 0 aliphatic carbocycles. The second-order valence-electron chi connectivity index (χ2n) is 4.91. The van der Waals surface area contributed by atoms with E-state index in [0.29, 0.717) is 5.56 Å². The van der Waals surface area contributed by atoms with E-state index in [1.807, 2.05) is 0 Å². The van der Waals surface area contributed by atoms with E-state index in [0.717, 1.165) is 5.56 Å². The van der Waals surface area contributed by atoms with Crippen LogP contribution in [0.1, 0.15) is 18.1 Å². The first-order valence-corrected chi connectivity index (χ1v) is 7.26. The molecular formula is C12H20N2O4S. The summed E-state index contributed by atoms with van der Waals surface area (Å²) < 4.78 is 27.0. The Hall–Kier alpha value is -1.15. The summed E-state index contributed by atoms with van der Waals surface area (Å²) in [6, 6.07) is 3.26. The van der Waals surface area contributed by atoms with Crippen molar-refractivity contribution in [3.63, 3.8) is 0 Å². The minimum atomic E-state index is -3.92. The summed E-state index contributed by atoms with van der Waals surface area (Å²) >= 11 is 0. The lowest BCUT2D eigenvalue weighted by Gasteiger charge is -2.26. The molecule has 0 spiro atoms. The minimum Gasteiger partial charge on any atom is -0.398 e. The number of aliphatic hydroxyl groups is 2. The Morgan fingerprint density at radius 3 is 2.26 bits per heavy atom. The number of hydrogen-bond acceptors (Lipinski definition) is 5. The number of nitrogen functional groups attached to an aromatic ring is 1. The second-order valence-corrected chi connectivity index (χ2v) is 6.53. The summed E-state index contributed by atoms with van der Waals surface area (Å²) in [4.78, 5) is -0.0133. The van der Waals surface area contributed by atoms with E-state index in [9.17, 15) is 18.6 Å². The SMILES string of the molecule is Cc1ccc(N)c(S(=O)(=O)NC(C)(CO)CO)c1C. The van der Waals surface area contributed by atoms with Gasteiger partial charge in [0.1, 0.15) is 4.90 Å². The van der Waals surface area contributed by atoms with E-state index < -0.39 is 28.8 Å². The van der Waals surface area contributed by atoms with Gasteiger partial charge in [-0.25, -0.2) is 13.1 Å². The van der Waals surface area contributed by atoms with Gasteiger partial charge in [0.2, 0.25) is 10.0 Å². The molecule has 7 heteroatoms. The van der Waals surface area contributed by atoms with Crippen molar-refractivity contribution in [2.24, 2.45) is 0 Å². The molecule has 0 unspecified atom stereocenters. The Kier molecular flexibility index (Phi) is 4.57. The Morgan fingerprint density at radius 2 is 1.79 bits per heavy atom. The van der Waals surface area contributed by atoms with Crippen LogP contribution in [0.15, 0.2) is 17.0 Å². The lowest BCUT2D eigenvalue weighted by atomic mass is 10.1. The van der Waals surface area contributed by atoms with Crippen molar-refractivity contribution in [2.75, 3.05) is 18.9 Å². The lowest BCUT2D eigenvalue weighted by Crippen LogP contribution is -2.51. The maximum Gasteiger partial charge on any atom is 0.243 e. The predicted molar refractivity (Wildman–Crippen MR) is 73.2 cm³/mol. The monoisotopic (exact) mass is 288 g/mol. The first-order valence-electron chi connectivity index (χ1n) is 5.78. The summed E-state index contributed by atoms with van der Waals surface area (Å²) in [6.45, 7) is 3.81. The second kappa shape index (κ2) is 5.46. The summed E-state index contributed by atoms with van der Waals surface area (Å²) in [5.41, 5.74) is 5.88. The van der Waals surface area contributed by atoms with Gasteiger partial charge in [0.05, 0.1) is 24.4 Å². The van der Waals surface area contributed by atoms with E-state index in [4.69, 9.17) is 5.73 Å². The van der Waals surface area contributed by atoms with Crippen LogP contribution in [0, 0.1) is 13.8 Å². The Labute approximate surface area is 113 Å².